The van der Waals surface area contributed by atoms with Crippen molar-refractivity contribution in [2.75, 3.05) is 13.3 Å². The van der Waals surface area contributed by atoms with Gasteiger partial charge < -0.3 is 4.57 Å². The zero-order valence-electron chi connectivity index (χ0n) is 7.25. The van der Waals surface area contributed by atoms with Crippen LogP contribution >= 0.6 is 18.7 Å². The average molecular weight is 203 g/mol. The highest BCUT2D eigenvalue weighted by molar-refractivity contribution is 7.70. The maximum absolute atomic E-state index is 11.6. The molecule has 3 heteroatoms. The molecule has 0 aliphatic rings. The van der Waals surface area contributed by atoms with E-state index in [-0.39, 0.29) is 0 Å². The van der Waals surface area contributed by atoms with Gasteiger partial charge in [-0.15, -0.1) is 11.6 Å². The Hall–Kier alpha value is -0.260. The molecular formula is C9H12ClOP. The summed E-state index contributed by atoms with van der Waals surface area (Å²) in [5.41, 5.74) is 1.03. The summed E-state index contributed by atoms with van der Waals surface area (Å²) in [6.45, 7) is 3.53. The third-order valence-electron chi connectivity index (χ3n) is 1.69. The predicted octanol–water partition coefficient (Wildman–Crippen LogP) is 2.67. The second-order valence-corrected chi connectivity index (χ2v) is 6.64. The summed E-state index contributed by atoms with van der Waals surface area (Å²) in [6, 6.07) is 7.63. The summed E-state index contributed by atoms with van der Waals surface area (Å²) in [6.07, 6.45) is 0. The number of hydrogen-bond donors (Lipinski definition) is 0. The molecule has 0 aliphatic carbocycles. The van der Waals surface area contributed by atoms with Crippen molar-refractivity contribution >= 4 is 24.0 Å². The maximum Gasteiger partial charge on any atom is 0.109 e. The lowest BCUT2D eigenvalue weighted by Crippen LogP contribution is -2.02. The lowest BCUT2D eigenvalue weighted by molar-refractivity contribution is 0.588. The van der Waals surface area contributed by atoms with Crippen molar-refractivity contribution in [2.45, 2.75) is 5.88 Å². The molecular weight excluding hydrogens is 191 g/mol. The van der Waals surface area contributed by atoms with E-state index in [0.29, 0.717) is 5.88 Å². The van der Waals surface area contributed by atoms with Crippen LogP contribution in [0.5, 0.6) is 0 Å². The second kappa shape index (κ2) is 3.64. The molecule has 66 valence electrons. The quantitative estimate of drug-likeness (QED) is 0.532. The van der Waals surface area contributed by atoms with Crippen molar-refractivity contribution in [3.8, 4) is 0 Å². The molecule has 0 atom stereocenters. The van der Waals surface area contributed by atoms with Crippen LogP contribution < -0.4 is 5.30 Å². The van der Waals surface area contributed by atoms with Crippen LogP contribution in [0, 0.1) is 0 Å². The number of halogens is 1. The molecule has 12 heavy (non-hydrogen) atoms. The molecule has 0 heterocycles. The highest BCUT2D eigenvalue weighted by atomic mass is 35.5. The predicted molar refractivity (Wildman–Crippen MR) is 55.1 cm³/mol. The van der Waals surface area contributed by atoms with Crippen molar-refractivity contribution in [1.82, 2.24) is 0 Å². The monoisotopic (exact) mass is 202 g/mol. The zero-order valence-corrected chi connectivity index (χ0v) is 8.90. The van der Waals surface area contributed by atoms with E-state index in [1.165, 1.54) is 0 Å². The molecule has 1 rings (SSSR count). The Morgan fingerprint density at radius 1 is 1.42 bits per heavy atom. The van der Waals surface area contributed by atoms with Crippen LogP contribution in [0.15, 0.2) is 24.3 Å². The highest BCUT2D eigenvalue weighted by Gasteiger charge is 2.10. The van der Waals surface area contributed by atoms with Crippen molar-refractivity contribution in [2.24, 2.45) is 0 Å². The van der Waals surface area contributed by atoms with E-state index in [0.717, 1.165) is 10.9 Å². The van der Waals surface area contributed by atoms with Gasteiger partial charge in [0, 0.05) is 11.2 Å². The third kappa shape index (κ3) is 2.36. The number of rotatable bonds is 2. The molecule has 1 aromatic rings. The van der Waals surface area contributed by atoms with Crippen LogP contribution in [0.1, 0.15) is 5.56 Å². The first-order valence-electron chi connectivity index (χ1n) is 3.74. The van der Waals surface area contributed by atoms with Gasteiger partial charge in [0.1, 0.15) is 7.14 Å². The van der Waals surface area contributed by atoms with E-state index in [4.69, 9.17) is 11.6 Å². The fourth-order valence-corrected chi connectivity index (χ4v) is 2.06. The Morgan fingerprint density at radius 3 is 2.58 bits per heavy atom. The molecule has 0 saturated heterocycles. The molecule has 0 spiro atoms. The summed E-state index contributed by atoms with van der Waals surface area (Å²) in [7, 11) is -2.12. The van der Waals surface area contributed by atoms with E-state index in [1.54, 1.807) is 13.3 Å². The number of hydrogen-bond acceptors (Lipinski definition) is 1. The standard InChI is InChI=1S/C9H12ClOP/c1-12(2,11)9-5-3-4-8(6-9)7-10/h3-6H,7H2,1-2H3. The van der Waals surface area contributed by atoms with E-state index in [9.17, 15) is 4.57 Å². The Balaban J connectivity index is 3.11. The second-order valence-electron chi connectivity index (χ2n) is 3.15. The maximum atomic E-state index is 11.6. The lowest BCUT2D eigenvalue weighted by Gasteiger charge is -2.07. The van der Waals surface area contributed by atoms with Gasteiger partial charge in [-0.1, -0.05) is 18.2 Å². The van der Waals surface area contributed by atoms with Gasteiger partial charge in [0.2, 0.25) is 0 Å². The van der Waals surface area contributed by atoms with Crippen LogP contribution in [0.3, 0.4) is 0 Å². The molecule has 0 radical (unpaired) electrons. The van der Waals surface area contributed by atoms with Gasteiger partial charge in [0.05, 0.1) is 0 Å². The minimum absolute atomic E-state index is 0.480. The molecule has 0 unspecified atom stereocenters. The van der Waals surface area contributed by atoms with E-state index in [2.05, 4.69) is 0 Å². The van der Waals surface area contributed by atoms with Gasteiger partial charge in [0.15, 0.2) is 0 Å². The zero-order chi connectivity index (χ0) is 9.19. The van der Waals surface area contributed by atoms with Gasteiger partial charge in [0.25, 0.3) is 0 Å². The molecule has 0 fully saturated rings. The number of benzene rings is 1. The minimum atomic E-state index is -2.12. The average Bonchev–Trinajstić information content (AvgIpc) is 2.03. The van der Waals surface area contributed by atoms with Crippen LogP contribution in [0.2, 0.25) is 0 Å². The van der Waals surface area contributed by atoms with Crippen LogP contribution in [0.25, 0.3) is 0 Å². The molecule has 0 amide bonds. The normalized spacial score (nSPS) is 11.6. The molecule has 1 nitrogen and oxygen atoms in total. The largest absolute Gasteiger partial charge is 0.319 e. The van der Waals surface area contributed by atoms with Crippen molar-refractivity contribution < 1.29 is 4.57 Å². The van der Waals surface area contributed by atoms with E-state index >= 15 is 0 Å². The van der Waals surface area contributed by atoms with Crippen molar-refractivity contribution in [3.63, 3.8) is 0 Å². The first-order chi connectivity index (χ1) is 5.54. The van der Waals surface area contributed by atoms with Crippen molar-refractivity contribution in [1.29, 1.82) is 0 Å². The Labute approximate surface area is 78.1 Å². The third-order valence-corrected chi connectivity index (χ3v) is 3.52. The van der Waals surface area contributed by atoms with E-state index < -0.39 is 7.14 Å². The van der Waals surface area contributed by atoms with Gasteiger partial charge in [-0.3, -0.25) is 0 Å². The molecule has 0 saturated carbocycles. The van der Waals surface area contributed by atoms with Crippen LogP contribution in [-0.2, 0) is 10.4 Å². The molecule has 0 aromatic heterocycles. The summed E-state index contributed by atoms with van der Waals surface area (Å²) >= 11 is 5.66. The van der Waals surface area contributed by atoms with E-state index in [1.807, 2.05) is 24.3 Å². The number of alkyl halides is 1. The van der Waals surface area contributed by atoms with Crippen LogP contribution in [-0.4, -0.2) is 13.3 Å². The highest BCUT2D eigenvalue weighted by Crippen LogP contribution is 2.34. The minimum Gasteiger partial charge on any atom is -0.319 e. The lowest BCUT2D eigenvalue weighted by atomic mass is 10.2. The summed E-state index contributed by atoms with van der Waals surface area (Å²) < 4.78 is 11.6. The van der Waals surface area contributed by atoms with Gasteiger partial charge in [-0.05, 0) is 25.0 Å². The molecule has 0 aliphatic heterocycles. The Morgan fingerprint density at radius 2 is 2.08 bits per heavy atom. The first-order valence-corrected chi connectivity index (χ1v) is 6.88. The molecule has 0 bridgehead atoms. The first kappa shape index (κ1) is 9.83. The Kier molecular flexibility index (Phi) is 2.98. The fraction of sp³-hybridized carbons (Fsp3) is 0.333. The molecule has 1 aromatic carbocycles. The SMILES string of the molecule is CP(C)(=O)c1cccc(CCl)c1. The summed E-state index contributed by atoms with van der Waals surface area (Å²) in [4.78, 5) is 0. The summed E-state index contributed by atoms with van der Waals surface area (Å²) in [5.74, 6) is 0.480. The van der Waals surface area contributed by atoms with Gasteiger partial charge >= 0.3 is 0 Å². The van der Waals surface area contributed by atoms with Crippen molar-refractivity contribution in [3.05, 3.63) is 29.8 Å². The van der Waals surface area contributed by atoms with Crippen LogP contribution in [0.4, 0.5) is 0 Å². The fourth-order valence-electron chi connectivity index (χ4n) is 0.975. The topological polar surface area (TPSA) is 17.1 Å². The Bertz CT molecular complexity index is 316. The van der Waals surface area contributed by atoms with Gasteiger partial charge in [-0.2, -0.15) is 0 Å². The summed E-state index contributed by atoms with van der Waals surface area (Å²) in [5, 5.41) is 0.903. The smallest absolute Gasteiger partial charge is 0.109 e. The molecule has 0 N–H and O–H groups in total. The van der Waals surface area contributed by atoms with Gasteiger partial charge in [-0.25, -0.2) is 0 Å².